The van der Waals surface area contributed by atoms with Crippen LogP contribution in [0.3, 0.4) is 0 Å². The number of likely N-dealkylation sites (N-methyl/N-ethyl adjacent to an activating group) is 1. The summed E-state index contributed by atoms with van der Waals surface area (Å²) in [5.74, 6) is -0.272. The van der Waals surface area contributed by atoms with Crippen LogP contribution in [0.5, 0.6) is 11.6 Å². The summed E-state index contributed by atoms with van der Waals surface area (Å²) < 4.78 is 52.5. The van der Waals surface area contributed by atoms with Gasteiger partial charge in [-0.15, -0.1) is 10.2 Å². The van der Waals surface area contributed by atoms with Gasteiger partial charge in [0.1, 0.15) is 12.4 Å². The maximum Gasteiger partial charge on any atom is 0.434 e. The zero-order valence-corrected chi connectivity index (χ0v) is 18.0. The van der Waals surface area contributed by atoms with E-state index in [0.717, 1.165) is 22.2 Å². The van der Waals surface area contributed by atoms with Gasteiger partial charge in [-0.25, -0.2) is 4.68 Å². The van der Waals surface area contributed by atoms with Crippen LogP contribution < -0.4 is 9.47 Å². The Labute approximate surface area is 182 Å². The fourth-order valence-electron chi connectivity index (χ4n) is 3.11. The van der Waals surface area contributed by atoms with E-state index in [-0.39, 0.29) is 24.8 Å². The lowest BCUT2D eigenvalue weighted by Crippen LogP contribution is -2.32. The van der Waals surface area contributed by atoms with E-state index >= 15 is 0 Å². The topological polar surface area (TPSA) is 82.4 Å². The number of halogens is 3. The number of ether oxygens (including phenoxy) is 2. The van der Waals surface area contributed by atoms with Gasteiger partial charge in [-0.3, -0.25) is 4.79 Å². The van der Waals surface area contributed by atoms with Crippen LogP contribution in [0.4, 0.5) is 13.2 Å². The number of carbonyl (C=O) groups excluding carboxylic acids is 1. The van der Waals surface area contributed by atoms with E-state index in [4.69, 9.17) is 9.47 Å². The largest absolute Gasteiger partial charge is 0.492 e. The van der Waals surface area contributed by atoms with E-state index in [0.29, 0.717) is 10.4 Å². The standard InChI is InChI=1S/C21H22F3N5O3/c1-13-9-14(2)11-15(10-13)32-8-7-28(3)20(30)16-12-25-29(19(16)21(22,23)24)17-5-6-18(31-4)27-26-17/h5-6,9-12H,7-8H2,1-4H3. The first-order chi connectivity index (χ1) is 15.1. The monoisotopic (exact) mass is 449 g/mol. The molecule has 11 heteroatoms. The van der Waals surface area contributed by atoms with Crippen molar-refractivity contribution in [2.45, 2.75) is 20.0 Å². The van der Waals surface area contributed by atoms with Gasteiger partial charge < -0.3 is 14.4 Å². The summed E-state index contributed by atoms with van der Waals surface area (Å²) in [7, 11) is 2.76. The van der Waals surface area contributed by atoms with E-state index in [1.807, 2.05) is 32.0 Å². The molecule has 0 spiro atoms. The van der Waals surface area contributed by atoms with Crippen LogP contribution in [0.25, 0.3) is 5.82 Å². The summed E-state index contributed by atoms with van der Waals surface area (Å²) in [4.78, 5) is 13.9. The molecular weight excluding hydrogens is 427 g/mol. The van der Waals surface area contributed by atoms with Gasteiger partial charge in [-0.1, -0.05) is 6.07 Å². The molecule has 0 saturated carbocycles. The molecule has 3 rings (SSSR count). The van der Waals surface area contributed by atoms with Crippen molar-refractivity contribution in [1.29, 1.82) is 0 Å². The minimum absolute atomic E-state index is 0.0800. The third kappa shape index (κ3) is 5.16. The number of alkyl halides is 3. The van der Waals surface area contributed by atoms with E-state index in [1.165, 1.54) is 26.3 Å². The first-order valence-electron chi connectivity index (χ1n) is 9.60. The summed E-state index contributed by atoms with van der Waals surface area (Å²) in [6, 6.07) is 8.30. The smallest absolute Gasteiger partial charge is 0.434 e. The molecule has 0 unspecified atom stereocenters. The zero-order valence-electron chi connectivity index (χ0n) is 18.0. The highest BCUT2D eigenvalue weighted by atomic mass is 19.4. The average molecular weight is 449 g/mol. The number of aromatic nitrogens is 4. The number of carbonyl (C=O) groups is 1. The van der Waals surface area contributed by atoms with Crippen molar-refractivity contribution in [2.75, 3.05) is 27.3 Å². The van der Waals surface area contributed by atoms with Crippen molar-refractivity contribution in [3.63, 3.8) is 0 Å². The van der Waals surface area contributed by atoms with E-state index in [1.54, 1.807) is 0 Å². The first kappa shape index (κ1) is 23.0. The van der Waals surface area contributed by atoms with Crippen molar-refractivity contribution in [1.82, 2.24) is 24.9 Å². The van der Waals surface area contributed by atoms with Crippen molar-refractivity contribution >= 4 is 5.91 Å². The SMILES string of the molecule is COc1ccc(-n2ncc(C(=O)N(C)CCOc3cc(C)cc(C)c3)c2C(F)(F)F)nn1. The molecular formula is C21H22F3N5O3. The average Bonchev–Trinajstić information content (AvgIpc) is 3.18. The Balaban J connectivity index is 1.78. The van der Waals surface area contributed by atoms with Crippen molar-refractivity contribution in [2.24, 2.45) is 0 Å². The number of amides is 1. The van der Waals surface area contributed by atoms with Crippen LogP contribution in [0.15, 0.2) is 36.5 Å². The minimum atomic E-state index is -4.85. The predicted octanol–water partition coefficient (Wildman–Crippen LogP) is 3.46. The van der Waals surface area contributed by atoms with Crippen molar-refractivity contribution < 1.29 is 27.4 Å². The normalized spacial score (nSPS) is 11.3. The quantitative estimate of drug-likeness (QED) is 0.550. The highest BCUT2D eigenvalue weighted by Crippen LogP contribution is 2.33. The molecule has 3 aromatic rings. The second-order valence-corrected chi connectivity index (χ2v) is 7.15. The maximum absolute atomic E-state index is 13.8. The fraction of sp³-hybridized carbons (Fsp3) is 0.333. The molecule has 1 aromatic carbocycles. The molecule has 2 aromatic heterocycles. The molecule has 0 saturated heterocycles. The van der Waals surface area contributed by atoms with Crippen LogP contribution >= 0.6 is 0 Å². The third-order valence-corrected chi connectivity index (χ3v) is 4.56. The second kappa shape index (κ2) is 9.25. The summed E-state index contributed by atoms with van der Waals surface area (Å²) in [6.45, 7) is 4.05. The van der Waals surface area contributed by atoms with Crippen LogP contribution in [0, 0.1) is 13.8 Å². The number of nitrogens with zero attached hydrogens (tertiary/aromatic N) is 5. The summed E-state index contributed by atoms with van der Waals surface area (Å²) in [6.07, 6.45) is -3.97. The molecule has 0 radical (unpaired) electrons. The van der Waals surface area contributed by atoms with Crippen LogP contribution in [-0.4, -0.2) is 58.1 Å². The van der Waals surface area contributed by atoms with Gasteiger partial charge in [0.25, 0.3) is 5.91 Å². The lowest BCUT2D eigenvalue weighted by Gasteiger charge is -2.19. The third-order valence-electron chi connectivity index (χ3n) is 4.56. The maximum atomic E-state index is 13.8. The zero-order chi connectivity index (χ0) is 23.5. The lowest BCUT2D eigenvalue weighted by molar-refractivity contribution is -0.143. The van der Waals surface area contributed by atoms with Crippen LogP contribution in [-0.2, 0) is 6.18 Å². The Hall–Kier alpha value is -3.63. The van der Waals surface area contributed by atoms with Gasteiger partial charge in [0.2, 0.25) is 5.88 Å². The summed E-state index contributed by atoms with van der Waals surface area (Å²) in [5, 5.41) is 11.1. The van der Waals surface area contributed by atoms with Crippen molar-refractivity contribution in [3.8, 4) is 17.4 Å². The Morgan fingerprint density at radius 1 is 1.12 bits per heavy atom. The molecule has 0 bridgehead atoms. The fourth-order valence-corrected chi connectivity index (χ4v) is 3.11. The Morgan fingerprint density at radius 2 is 1.81 bits per heavy atom. The number of hydrogen-bond acceptors (Lipinski definition) is 6. The first-order valence-corrected chi connectivity index (χ1v) is 9.60. The van der Waals surface area contributed by atoms with Gasteiger partial charge >= 0.3 is 6.18 Å². The van der Waals surface area contributed by atoms with E-state index in [2.05, 4.69) is 15.3 Å². The summed E-state index contributed by atoms with van der Waals surface area (Å²) in [5.41, 5.74) is 0.217. The molecule has 0 aliphatic heterocycles. The number of benzene rings is 1. The van der Waals surface area contributed by atoms with Crippen molar-refractivity contribution in [3.05, 3.63) is 58.9 Å². The molecule has 2 heterocycles. The number of aryl methyl sites for hydroxylation is 2. The molecule has 170 valence electrons. The number of methoxy groups -OCH3 is 1. The van der Waals surface area contributed by atoms with Gasteiger partial charge in [-0.05, 0) is 43.2 Å². The highest BCUT2D eigenvalue weighted by Gasteiger charge is 2.41. The molecule has 0 aliphatic carbocycles. The second-order valence-electron chi connectivity index (χ2n) is 7.15. The minimum Gasteiger partial charge on any atom is -0.492 e. The number of hydrogen-bond donors (Lipinski definition) is 0. The number of rotatable bonds is 7. The van der Waals surface area contributed by atoms with Crippen LogP contribution in [0.1, 0.15) is 27.2 Å². The van der Waals surface area contributed by atoms with Gasteiger partial charge in [0.15, 0.2) is 11.5 Å². The van der Waals surface area contributed by atoms with Gasteiger partial charge in [0.05, 0.1) is 25.4 Å². The molecule has 8 nitrogen and oxygen atoms in total. The molecule has 0 atom stereocenters. The Morgan fingerprint density at radius 3 is 2.38 bits per heavy atom. The van der Waals surface area contributed by atoms with Crippen LogP contribution in [0.2, 0.25) is 0 Å². The van der Waals surface area contributed by atoms with Gasteiger partial charge in [-0.2, -0.15) is 18.3 Å². The molecule has 0 aliphatic rings. The van der Waals surface area contributed by atoms with E-state index < -0.39 is 23.3 Å². The highest BCUT2D eigenvalue weighted by molar-refractivity contribution is 5.95. The van der Waals surface area contributed by atoms with E-state index in [9.17, 15) is 18.0 Å². The molecule has 0 fully saturated rings. The Kier molecular flexibility index (Phi) is 6.66. The Bertz CT molecular complexity index is 1080. The van der Waals surface area contributed by atoms with Gasteiger partial charge in [0, 0.05) is 13.1 Å². The predicted molar refractivity (Wildman–Crippen MR) is 109 cm³/mol. The summed E-state index contributed by atoms with van der Waals surface area (Å²) >= 11 is 0. The molecule has 32 heavy (non-hydrogen) atoms. The molecule has 0 N–H and O–H groups in total. The lowest BCUT2D eigenvalue weighted by atomic mass is 10.1. The molecule has 1 amide bonds.